The van der Waals surface area contributed by atoms with Crippen molar-refractivity contribution in [3.8, 4) is 11.5 Å². The molecule has 0 fully saturated rings. The SMILES string of the molecule is CN=C(NCc1cnc(C)s1)N1CCc2cc(OC)c(OC)cc2C1.I. The van der Waals surface area contributed by atoms with Crippen LogP contribution in [0.15, 0.2) is 23.3 Å². The van der Waals surface area contributed by atoms with E-state index in [0.717, 1.165) is 48.5 Å². The van der Waals surface area contributed by atoms with E-state index >= 15 is 0 Å². The van der Waals surface area contributed by atoms with Gasteiger partial charge in [-0.3, -0.25) is 4.99 Å². The lowest BCUT2D eigenvalue weighted by Crippen LogP contribution is -2.43. The maximum absolute atomic E-state index is 5.44. The Kier molecular flexibility index (Phi) is 7.51. The second kappa shape index (κ2) is 9.40. The second-order valence-corrected chi connectivity index (χ2v) is 7.21. The van der Waals surface area contributed by atoms with E-state index < -0.39 is 0 Å². The minimum atomic E-state index is 0. The monoisotopic (exact) mass is 488 g/mol. The molecule has 0 unspecified atom stereocenters. The first kappa shape index (κ1) is 20.8. The van der Waals surface area contributed by atoms with Gasteiger partial charge in [0.05, 0.1) is 25.8 Å². The van der Waals surface area contributed by atoms with Crippen molar-refractivity contribution in [1.29, 1.82) is 0 Å². The number of fused-ring (bicyclic) bond motifs is 1. The number of aryl methyl sites for hydroxylation is 1. The highest BCUT2D eigenvalue weighted by atomic mass is 127. The molecular formula is C18H25IN4O2S. The maximum atomic E-state index is 5.44. The number of aliphatic imine (C=N–C) groups is 1. The number of thiazole rings is 1. The standard InChI is InChI=1S/C18H24N4O2S.HI/c1-12-20-9-15(25-12)10-21-18(19-2)22-6-5-13-7-16(23-3)17(24-4)8-14(13)11-22;/h7-9H,5-6,10-11H2,1-4H3,(H,19,21);1H. The highest BCUT2D eigenvalue weighted by Crippen LogP contribution is 2.33. The molecule has 1 aromatic carbocycles. The van der Waals surface area contributed by atoms with Crippen molar-refractivity contribution in [2.45, 2.75) is 26.4 Å². The molecule has 6 nitrogen and oxygen atoms in total. The zero-order valence-corrected chi connectivity index (χ0v) is 18.7. The van der Waals surface area contributed by atoms with Crippen molar-refractivity contribution in [1.82, 2.24) is 15.2 Å². The molecule has 0 saturated heterocycles. The maximum Gasteiger partial charge on any atom is 0.194 e. The van der Waals surface area contributed by atoms with Crippen LogP contribution in [0, 0.1) is 6.92 Å². The van der Waals surface area contributed by atoms with E-state index in [-0.39, 0.29) is 24.0 Å². The first-order valence-corrected chi connectivity index (χ1v) is 9.07. The third-order valence-corrected chi connectivity index (χ3v) is 5.23. The Morgan fingerprint density at radius 3 is 2.54 bits per heavy atom. The van der Waals surface area contributed by atoms with Crippen LogP contribution in [0.3, 0.4) is 0 Å². The van der Waals surface area contributed by atoms with Gasteiger partial charge in [0.15, 0.2) is 17.5 Å². The Hall–Kier alpha value is -1.55. The summed E-state index contributed by atoms with van der Waals surface area (Å²) in [5.41, 5.74) is 2.56. The van der Waals surface area contributed by atoms with E-state index in [1.165, 1.54) is 16.0 Å². The Balaban J connectivity index is 0.00000243. The van der Waals surface area contributed by atoms with Gasteiger partial charge in [0.2, 0.25) is 0 Å². The lowest BCUT2D eigenvalue weighted by Gasteiger charge is -2.32. The molecule has 0 saturated carbocycles. The third-order valence-electron chi connectivity index (χ3n) is 4.32. The van der Waals surface area contributed by atoms with Crippen molar-refractivity contribution in [3.05, 3.63) is 39.3 Å². The van der Waals surface area contributed by atoms with E-state index in [2.05, 4.69) is 32.3 Å². The Morgan fingerprint density at radius 1 is 1.27 bits per heavy atom. The quantitative estimate of drug-likeness (QED) is 0.407. The van der Waals surface area contributed by atoms with Gasteiger partial charge >= 0.3 is 0 Å². The highest BCUT2D eigenvalue weighted by Gasteiger charge is 2.21. The number of ether oxygens (including phenoxy) is 2. The minimum absolute atomic E-state index is 0. The van der Waals surface area contributed by atoms with Crippen LogP contribution >= 0.6 is 35.3 Å². The number of aromatic nitrogens is 1. The number of benzene rings is 1. The molecule has 1 aliphatic rings. The summed E-state index contributed by atoms with van der Waals surface area (Å²) < 4.78 is 10.8. The topological polar surface area (TPSA) is 59.0 Å². The fraction of sp³-hybridized carbons (Fsp3) is 0.444. The molecule has 3 rings (SSSR count). The van der Waals surface area contributed by atoms with Crippen LogP contribution < -0.4 is 14.8 Å². The predicted octanol–water partition coefficient (Wildman–Crippen LogP) is 3.22. The Morgan fingerprint density at radius 2 is 1.96 bits per heavy atom. The molecule has 8 heteroatoms. The molecule has 1 N–H and O–H groups in total. The van der Waals surface area contributed by atoms with Crippen molar-refractivity contribution in [3.63, 3.8) is 0 Å². The number of halogens is 1. The summed E-state index contributed by atoms with van der Waals surface area (Å²) in [7, 11) is 5.17. The van der Waals surface area contributed by atoms with Crippen LogP contribution in [0.1, 0.15) is 21.0 Å². The van der Waals surface area contributed by atoms with Crippen LogP contribution in [-0.2, 0) is 19.5 Å². The zero-order valence-electron chi connectivity index (χ0n) is 15.5. The van der Waals surface area contributed by atoms with E-state index in [1.54, 1.807) is 25.6 Å². The van der Waals surface area contributed by atoms with Gasteiger partial charge in [-0.05, 0) is 36.6 Å². The van der Waals surface area contributed by atoms with Gasteiger partial charge in [0, 0.05) is 31.2 Å². The van der Waals surface area contributed by atoms with Gasteiger partial charge in [-0.15, -0.1) is 35.3 Å². The first-order valence-electron chi connectivity index (χ1n) is 8.25. The number of guanidine groups is 1. The summed E-state index contributed by atoms with van der Waals surface area (Å²) in [6.45, 7) is 4.49. The lowest BCUT2D eigenvalue weighted by atomic mass is 9.99. The first-order chi connectivity index (χ1) is 12.1. The summed E-state index contributed by atoms with van der Waals surface area (Å²) in [4.78, 5) is 12.2. The summed E-state index contributed by atoms with van der Waals surface area (Å²) in [5, 5.41) is 4.52. The van der Waals surface area contributed by atoms with Gasteiger partial charge in [-0.25, -0.2) is 4.98 Å². The van der Waals surface area contributed by atoms with Gasteiger partial charge in [0.25, 0.3) is 0 Å². The van der Waals surface area contributed by atoms with Crippen LogP contribution in [0.25, 0.3) is 0 Å². The summed E-state index contributed by atoms with van der Waals surface area (Å²) >= 11 is 1.71. The largest absolute Gasteiger partial charge is 0.493 e. The van der Waals surface area contributed by atoms with Crippen LogP contribution in [0.4, 0.5) is 0 Å². The van der Waals surface area contributed by atoms with Crippen molar-refractivity contribution in [2.24, 2.45) is 4.99 Å². The molecule has 1 aromatic heterocycles. The molecular weight excluding hydrogens is 463 g/mol. The average Bonchev–Trinajstić information content (AvgIpc) is 3.06. The molecule has 0 amide bonds. The highest BCUT2D eigenvalue weighted by molar-refractivity contribution is 14.0. The molecule has 142 valence electrons. The van der Waals surface area contributed by atoms with E-state index in [4.69, 9.17) is 9.47 Å². The van der Waals surface area contributed by atoms with Crippen molar-refractivity contribution >= 4 is 41.3 Å². The number of hydrogen-bond acceptors (Lipinski definition) is 5. The molecule has 26 heavy (non-hydrogen) atoms. The van der Waals surface area contributed by atoms with Crippen molar-refractivity contribution < 1.29 is 9.47 Å². The number of rotatable bonds is 4. The zero-order chi connectivity index (χ0) is 17.8. The molecule has 1 aliphatic heterocycles. The number of hydrogen-bond donors (Lipinski definition) is 1. The summed E-state index contributed by atoms with van der Waals surface area (Å²) in [5.74, 6) is 2.47. The van der Waals surface area contributed by atoms with Crippen LogP contribution in [0.2, 0.25) is 0 Å². The van der Waals surface area contributed by atoms with Gasteiger partial charge in [-0.1, -0.05) is 0 Å². The van der Waals surface area contributed by atoms with Crippen LogP contribution in [-0.4, -0.2) is 43.7 Å². The lowest BCUT2D eigenvalue weighted by molar-refractivity contribution is 0.346. The molecule has 0 spiro atoms. The van der Waals surface area contributed by atoms with E-state index in [1.807, 2.05) is 20.2 Å². The van der Waals surface area contributed by atoms with E-state index in [9.17, 15) is 0 Å². The predicted molar refractivity (Wildman–Crippen MR) is 116 cm³/mol. The average molecular weight is 488 g/mol. The Labute approximate surface area is 175 Å². The summed E-state index contributed by atoms with van der Waals surface area (Å²) in [6, 6.07) is 4.15. The molecule has 2 heterocycles. The number of nitrogens with one attached hydrogen (secondary N) is 1. The minimum Gasteiger partial charge on any atom is -0.493 e. The fourth-order valence-corrected chi connectivity index (χ4v) is 3.78. The molecule has 0 bridgehead atoms. The van der Waals surface area contributed by atoms with Gasteiger partial charge < -0.3 is 19.7 Å². The fourth-order valence-electron chi connectivity index (χ4n) is 3.05. The van der Waals surface area contributed by atoms with Crippen molar-refractivity contribution in [2.75, 3.05) is 27.8 Å². The van der Waals surface area contributed by atoms with Crippen LogP contribution in [0.5, 0.6) is 11.5 Å². The van der Waals surface area contributed by atoms with Gasteiger partial charge in [0.1, 0.15) is 0 Å². The van der Waals surface area contributed by atoms with E-state index in [0.29, 0.717) is 0 Å². The molecule has 0 radical (unpaired) electrons. The number of methoxy groups -OCH3 is 2. The third kappa shape index (κ3) is 4.59. The smallest absolute Gasteiger partial charge is 0.194 e. The normalized spacial score (nSPS) is 13.7. The second-order valence-electron chi connectivity index (χ2n) is 5.89. The van der Waals surface area contributed by atoms with Gasteiger partial charge in [-0.2, -0.15) is 0 Å². The molecule has 0 atom stereocenters. The Bertz CT molecular complexity index is 779. The molecule has 2 aromatic rings. The summed E-state index contributed by atoms with van der Waals surface area (Å²) in [6.07, 6.45) is 2.87. The molecule has 0 aliphatic carbocycles. The number of nitrogens with zero attached hydrogens (tertiary/aromatic N) is 3.